The van der Waals surface area contributed by atoms with Gasteiger partial charge in [0.05, 0.1) is 10.9 Å². The maximum Gasteiger partial charge on any atom is 0.433 e. The molecular weight excluding hydrogens is 325 g/mol. The Labute approximate surface area is 128 Å². The Balaban J connectivity index is 2.29. The summed E-state index contributed by atoms with van der Waals surface area (Å²) >= 11 is 7.21. The standard InChI is InChI=1S/C12H12ClF3N4S/c1-17-11-18-8(12(14,15)16)5-10(19-11)20(2)6-7-3-4-9(13)21-7/h3-5H,6H2,1-2H3,(H,17,18,19). The Hall–Kier alpha value is -1.54. The molecule has 0 aromatic carbocycles. The van der Waals surface area contributed by atoms with Crippen molar-refractivity contribution in [3.8, 4) is 0 Å². The lowest BCUT2D eigenvalue weighted by Crippen LogP contribution is -2.20. The van der Waals surface area contributed by atoms with Gasteiger partial charge in [0.15, 0.2) is 5.69 Å². The SMILES string of the molecule is CNc1nc(N(C)Cc2ccc(Cl)s2)cc(C(F)(F)F)n1. The van der Waals surface area contributed by atoms with Crippen molar-refractivity contribution in [2.45, 2.75) is 12.7 Å². The minimum Gasteiger partial charge on any atom is -0.357 e. The second kappa shape index (κ2) is 6.07. The zero-order valence-corrected chi connectivity index (χ0v) is 12.8. The number of hydrogen-bond donors (Lipinski definition) is 1. The van der Waals surface area contributed by atoms with Gasteiger partial charge in [-0.3, -0.25) is 0 Å². The molecule has 0 fully saturated rings. The van der Waals surface area contributed by atoms with E-state index >= 15 is 0 Å². The number of nitrogens with zero attached hydrogens (tertiary/aromatic N) is 3. The van der Waals surface area contributed by atoms with Crippen molar-refractivity contribution < 1.29 is 13.2 Å². The summed E-state index contributed by atoms with van der Waals surface area (Å²) in [5, 5.41) is 2.54. The lowest BCUT2D eigenvalue weighted by molar-refractivity contribution is -0.141. The predicted molar refractivity (Wildman–Crippen MR) is 78.0 cm³/mol. The molecule has 2 heterocycles. The molecule has 0 aliphatic carbocycles. The van der Waals surface area contributed by atoms with Gasteiger partial charge in [-0.25, -0.2) is 4.98 Å². The highest BCUT2D eigenvalue weighted by molar-refractivity contribution is 7.16. The molecule has 1 N–H and O–H groups in total. The van der Waals surface area contributed by atoms with Crippen LogP contribution in [0.1, 0.15) is 10.6 Å². The van der Waals surface area contributed by atoms with Crippen molar-refractivity contribution in [2.24, 2.45) is 0 Å². The van der Waals surface area contributed by atoms with Gasteiger partial charge in [-0.05, 0) is 12.1 Å². The molecule has 114 valence electrons. The molecule has 4 nitrogen and oxygen atoms in total. The van der Waals surface area contributed by atoms with Crippen LogP contribution in [0, 0.1) is 0 Å². The Kier molecular flexibility index (Phi) is 4.58. The highest BCUT2D eigenvalue weighted by atomic mass is 35.5. The lowest BCUT2D eigenvalue weighted by Gasteiger charge is -2.19. The summed E-state index contributed by atoms with van der Waals surface area (Å²) in [5.74, 6) is 0.113. The van der Waals surface area contributed by atoms with E-state index in [1.54, 1.807) is 18.0 Å². The van der Waals surface area contributed by atoms with Gasteiger partial charge in [-0.15, -0.1) is 11.3 Å². The van der Waals surface area contributed by atoms with Crippen LogP contribution in [0.4, 0.5) is 24.9 Å². The van der Waals surface area contributed by atoms with Gasteiger partial charge in [-0.1, -0.05) is 11.6 Å². The van der Waals surface area contributed by atoms with Crippen molar-refractivity contribution in [3.05, 3.63) is 33.1 Å². The van der Waals surface area contributed by atoms with Gasteiger partial charge in [0.2, 0.25) is 5.95 Å². The van der Waals surface area contributed by atoms with Gasteiger partial charge in [0, 0.05) is 25.0 Å². The van der Waals surface area contributed by atoms with Crippen LogP contribution >= 0.6 is 22.9 Å². The van der Waals surface area contributed by atoms with E-state index in [0.29, 0.717) is 10.9 Å². The minimum absolute atomic E-state index is 0.0733. The minimum atomic E-state index is -4.52. The monoisotopic (exact) mass is 336 g/mol. The number of thiophene rings is 1. The van der Waals surface area contributed by atoms with E-state index < -0.39 is 11.9 Å². The first kappa shape index (κ1) is 15.8. The fourth-order valence-corrected chi connectivity index (χ4v) is 2.78. The highest BCUT2D eigenvalue weighted by Crippen LogP contribution is 2.31. The third kappa shape index (κ3) is 3.98. The molecule has 21 heavy (non-hydrogen) atoms. The number of rotatable bonds is 4. The Morgan fingerprint density at radius 1 is 1.33 bits per heavy atom. The van der Waals surface area contributed by atoms with Crippen molar-refractivity contribution in [3.63, 3.8) is 0 Å². The van der Waals surface area contributed by atoms with Crippen LogP contribution in [0.25, 0.3) is 0 Å². The fraction of sp³-hybridized carbons (Fsp3) is 0.333. The molecule has 0 radical (unpaired) electrons. The first-order valence-corrected chi connectivity index (χ1v) is 7.08. The van der Waals surface area contributed by atoms with Gasteiger partial charge in [-0.2, -0.15) is 18.2 Å². The molecule has 0 spiro atoms. The largest absolute Gasteiger partial charge is 0.433 e. The Bertz CT molecular complexity index is 629. The molecule has 2 aromatic heterocycles. The number of halogens is 4. The maximum atomic E-state index is 12.8. The molecule has 0 saturated heterocycles. The summed E-state index contributed by atoms with van der Waals surface area (Å²) in [6, 6.07) is 4.50. The van der Waals surface area contributed by atoms with Crippen LogP contribution in [0.5, 0.6) is 0 Å². The first-order valence-electron chi connectivity index (χ1n) is 5.89. The third-order valence-corrected chi connectivity index (χ3v) is 3.86. The quantitative estimate of drug-likeness (QED) is 0.919. The normalized spacial score (nSPS) is 11.5. The van der Waals surface area contributed by atoms with E-state index in [1.165, 1.54) is 18.4 Å². The summed E-state index contributed by atoms with van der Waals surface area (Å²) in [7, 11) is 3.13. The van der Waals surface area contributed by atoms with Crippen LogP contribution in [0.15, 0.2) is 18.2 Å². The number of anilines is 2. The zero-order chi connectivity index (χ0) is 15.6. The summed E-state index contributed by atoms with van der Waals surface area (Å²) in [4.78, 5) is 10.0. The average Bonchev–Trinajstić information content (AvgIpc) is 2.82. The number of hydrogen-bond acceptors (Lipinski definition) is 5. The smallest absolute Gasteiger partial charge is 0.357 e. The first-order chi connectivity index (χ1) is 9.79. The molecule has 2 aromatic rings. The van der Waals surface area contributed by atoms with E-state index in [-0.39, 0.29) is 11.8 Å². The second-order valence-electron chi connectivity index (χ2n) is 4.24. The molecule has 9 heteroatoms. The van der Waals surface area contributed by atoms with Crippen LogP contribution in [-0.4, -0.2) is 24.1 Å². The molecule has 2 rings (SSSR count). The molecule has 0 saturated carbocycles. The number of alkyl halides is 3. The van der Waals surface area contributed by atoms with Crippen molar-refractivity contribution in [2.75, 3.05) is 24.3 Å². The second-order valence-corrected chi connectivity index (χ2v) is 6.04. The van der Waals surface area contributed by atoms with Crippen molar-refractivity contribution in [1.29, 1.82) is 0 Å². The predicted octanol–water partition coefficient (Wildman–Crippen LogP) is 3.89. The molecular formula is C12H12ClF3N4S. The van der Waals surface area contributed by atoms with E-state index in [9.17, 15) is 13.2 Å². The average molecular weight is 337 g/mol. The fourth-order valence-electron chi connectivity index (χ4n) is 1.64. The van der Waals surface area contributed by atoms with Crippen LogP contribution in [0.2, 0.25) is 4.34 Å². The maximum absolute atomic E-state index is 12.8. The van der Waals surface area contributed by atoms with E-state index in [0.717, 1.165) is 10.9 Å². The summed E-state index contributed by atoms with van der Waals surface area (Å²) in [5.41, 5.74) is -0.979. The number of aromatic nitrogens is 2. The Morgan fingerprint density at radius 2 is 2.05 bits per heavy atom. The molecule has 0 atom stereocenters. The zero-order valence-electron chi connectivity index (χ0n) is 11.2. The molecule has 0 bridgehead atoms. The third-order valence-electron chi connectivity index (χ3n) is 2.64. The van der Waals surface area contributed by atoms with E-state index in [2.05, 4.69) is 15.3 Å². The van der Waals surface area contributed by atoms with E-state index in [1.807, 2.05) is 6.07 Å². The van der Waals surface area contributed by atoms with Crippen LogP contribution in [-0.2, 0) is 12.7 Å². The highest BCUT2D eigenvalue weighted by Gasteiger charge is 2.34. The van der Waals surface area contributed by atoms with Crippen LogP contribution in [0.3, 0.4) is 0 Å². The summed E-state index contributed by atoms with van der Waals surface area (Å²) in [6.45, 7) is 0.412. The van der Waals surface area contributed by atoms with Gasteiger partial charge in [0.25, 0.3) is 0 Å². The molecule has 0 amide bonds. The molecule has 0 aliphatic heterocycles. The van der Waals surface area contributed by atoms with Gasteiger partial charge in [0.1, 0.15) is 5.82 Å². The van der Waals surface area contributed by atoms with Crippen molar-refractivity contribution in [1.82, 2.24) is 9.97 Å². The topological polar surface area (TPSA) is 41.1 Å². The van der Waals surface area contributed by atoms with E-state index in [4.69, 9.17) is 11.6 Å². The number of nitrogens with one attached hydrogen (secondary N) is 1. The lowest BCUT2D eigenvalue weighted by atomic mass is 10.3. The molecule has 0 unspecified atom stereocenters. The van der Waals surface area contributed by atoms with Gasteiger partial charge < -0.3 is 10.2 Å². The summed E-state index contributed by atoms with van der Waals surface area (Å²) in [6.07, 6.45) is -4.52. The Morgan fingerprint density at radius 3 is 2.57 bits per heavy atom. The summed E-state index contributed by atoms with van der Waals surface area (Å²) < 4.78 is 39.1. The van der Waals surface area contributed by atoms with Crippen molar-refractivity contribution >= 4 is 34.7 Å². The van der Waals surface area contributed by atoms with Crippen LogP contribution < -0.4 is 10.2 Å². The van der Waals surface area contributed by atoms with Gasteiger partial charge >= 0.3 is 6.18 Å². The molecule has 0 aliphatic rings.